The summed E-state index contributed by atoms with van der Waals surface area (Å²) in [4.78, 5) is 23.4. The number of esters is 1. The van der Waals surface area contributed by atoms with Gasteiger partial charge in [-0.2, -0.15) is 0 Å². The van der Waals surface area contributed by atoms with Crippen LogP contribution in [0.25, 0.3) is 0 Å². The summed E-state index contributed by atoms with van der Waals surface area (Å²) in [5.74, 6) is -0.869. The van der Waals surface area contributed by atoms with Crippen molar-refractivity contribution >= 4 is 11.8 Å². The van der Waals surface area contributed by atoms with Crippen LogP contribution < -0.4 is 0 Å². The number of benzene rings is 1. The molecule has 0 aromatic heterocycles. The van der Waals surface area contributed by atoms with Crippen molar-refractivity contribution in [2.24, 2.45) is 5.92 Å². The molecule has 1 rings (SSSR count). The highest BCUT2D eigenvalue weighted by atomic mass is 16.5. The number of hydrogen-bond donors (Lipinski definition) is 0. The normalized spacial score (nSPS) is 11.9. The Hall–Kier alpha value is -1.68. The molecule has 0 aliphatic carbocycles. The van der Waals surface area contributed by atoms with Crippen LogP contribution >= 0.6 is 0 Å². The zero-order chi connectivity index (χ0) is 13.5. The maximum absolute atomic E-state index is 12.1. The first-order valence-corrected chi connectivity index (χ1v) is 5.78. The molecule has 0 saturated heterocycles. The fraction of sp³-hybridized carbons (Fsp3) is 0.429. The van der Waals surface area contributed by atoms with Crippen molar-refractivity contribution in [2.45, 2.75) is 20.0 Å². The number of rotatable bonds is 6. The Morgan fingerprint density at radius 2 is 1.89 bits per heavy atom. The Bertz CT molecular complexity index is 426. The van der Waals surface area contributed by atoms with Gasteiger partial charge in [0.1, 0.15) is 0 Å². The predicted octanol–water partition coefficient (Wildman–Crippen LogP) is 2.21. The third kappa shape index (κ3) is 3.67. The average Bonchev–Trinajstić information content (AvgIpc) is 2.38. The fourth-order valence-corrected chi connectivity index (χ4v) is 1.75. The Labute approximate surface area is 107 Å². The zero-order valence-electron chi connectivity index (χ0n) is 10.9. The molecule has 1 unspecified atom stereocenters. The third-order valence-electron chi connectivity index (χ3n) is 2.71. The van der Waals surface area contributed by atoms with Gasteiger partial charge < -0.3 is 9.47 Å². The smallest absolute Gasteiger partial charge is 0.308 e. The van der Waals surface area contributed by atoms with Gasteiger partial charge in [0.15, 0.2) is 5.78 Å². The predicted molar refractivity (Wildman–Crippen MR) is 67.3 cm³/mol. The standard InChI is InChI=1S/C14H18O4/c1-10(14(16)18-3)8-13(15)12-7-5-4-6-11(12)9-17-2/h4-7,10H,8-9H2,1-3H3. The highest BCUT2D eigenvalue weighted by Crippen LogP contribution is 2.16. The molecule has 4 heteroatoms. The van der Waals surface area contributed by atoms with E-state index in [9.17, 15) is 9.59 Å². The van der Waals surface area contributed by atoms with Crippen LogP contribution in [0, 0.1) is 5.92 Å². The Morgan fingerprint density at radius 3 is 2.50 bits per heavy atom. The number of carbonyl (C=O) groups is 2. The molecule has 18 heavy (non-hydrogen) atoms. The summed E-state index contributed by atoms with van der Waals surface area (Å²) in [6.45, 7) is 2.07. The molecule has 1 aromatic rings. The van der Waals surface area contributed by atoms with Crippen LogP contribution in [-0.4, -0.2) is 26.0 Å². The van der Waals surface area contributed by atoms with E-state index in [1.807, 2.05) is 12.1 Å². The molecule has 0 radical (unpaired) electrons. The first-order valence-electron chi connectivity index (χ1n) is 5.78. The second-order valence-corrected chi connectivity index (χ2v) is 4.14. The van der Waals surface area contributed by atoms with E-state index in [0.29, 0.717) is 12.2 Å². The fourth-order valence-electron chi connectivity index (χ4n) is 1.75. The second-order valence-electron chi connectivity index (χ2n) is 4.14. The lowest BCUT2D eigenvalue weighted by Crippen LogP contribution is -2.17. The number of methoxy groups -OCH3 is 2. The summed E-state index contributed by atoms with van der Waals surface area (Å²) >= 11 is 0. The molecule has 0 amide bonds. The molecule has 0 saturated carbocycles. The highest BCUT2D eigenvalue weighted by molar-refractivity contribution is 5.99. The molecule has 4 nitrogen and oxygen atoms in total. The van der Waals surface area contributed by atoms with Crippen molar-refractivity contribution in [3.05, 3.63) is 35.4 Å². The van der Waals surface area contributed by atoms with Gasteiger partial charge in [-0.1, -0.05) is 31.2 Å². The minimum atomic E-state index is -0.432. The number of Topliss-reactive ketones (excluding diaryl/α,β-unsaturated/α-hetero) is 1. The molecule has 0 aliphatic heterocycles. The average molecular weight is 250 g/mol. The molecule has 0 bridgehead atoms. The molecule has 0 aliphatic rings. The Morgan fingerprint density at radius 1 is 1.22 bits per heavy atom. The van der Waals surface area contributed by atoms with E-state index in [1.165, 1.54) is 7.11 Å². The summed E-state index contributed by atoms with van der Waals surface area (Å²) in [5, 5.41) is 0. The van der Waals surface area contributed by atoms with Crippen molar-refractivity contribution in [1.82, 2.24) is 0 Å². The number of ether oxygens (including phenoxy) is 2. The van der Waals surface area contributed by atoms with Gasteiger partial charge in [-0.15, -0.1) is 0 Å². The molecule has 0 heterocycles. The van der Waals surface area contributed by atoms with Crippen molar-refractivity contribution in [2.75, 3.05) is 14.2 Å². The topological polar surface area (TPSA) is 52.6 Å². The quantitative estimate of drug-likeness (QED) is 0.574. The van der Waals surface area contributed by atoms with Gasteiger partial charge in [0.2, 0.25) is 0 Å². The van der Waals surface area contributed by atoms with Crippen LogP contribution in [0.3, 0.4) is 0 Å². The van der Waals surface area contributed by atoms with E-state index in [4.69, 9.17) is 4.74 Å². The van der Waals surface area contributed by atoms with E-state index >= 15 is 0 Å². The molecule has 0 spiro atoms. The maximum Gasteiger partial charge on any atom is 0.308 e. The lowest BCUT2D eigenvalue weighted by atomic mass is 9.96. The van der Waals surface area contributed by atoms with Crippen LogP contribution in [0.5, 0.6) is 0 Å². The largest absolute Gasteiger partial charge is 0.469 e. The molecular formula is C14H18O4. The van der Waals surface area contributed by atoms with Crippen LogP contribution in [0.1, 0.15) is 29.3 Å². The second kappa shape index (κ2) is 6.91. The monoisotopic (exact) mass is 250 g/mol. The van der Waals surface area contributed by atoms with Crippen molar-refractivity contribution in [1.29, 1.82) is 0 Å². The molecule has 98 valence electrons. The van der Waals surface area contributed by atoms with E-state index < -0.39 is 5.92 Å². The van der Waals surface area contributed by atoms with Crippen molar-refractivity contribution in [3.8, 4) is 0 Å². The van der Waals surface area contributed by atoms with Gasteiger partial charge in [0.05, 0.1) is 19.6 Å². The summed E-state index contributed by atoms with van der Waals surface area (Å²) < 4.78 is 9.66. The minimum absolute atomic E-state index is 0.0689. The summed E-state index contributed by atoms with van der Waals surface area (Å²) in [5.41, 5.74) is 1.44. The van der Waals surface area contributed by atoms with E-state index in [-0.39, 0.29) is 18.2 Å². The highest BCUT2D eigenvalue weighted by Gasteiger charge is 2.19. The lowest BCUT2D eigenvalue weighted by molar-refractivity contribution is -0.144. The van der Waals surface area contributed by atoms with Gasteiger partial charge in [-0.3, -0.25) is 9.59 Å². The third-order valence-corrected chi connectivity index (χ3v) is 2.71. The van der Waals surface area contributed by atoms with Crippen LogP contribution in [-0.2, 0) is 20.9 Å². The zero-order valence-corrected chi connectivity index (χ0v) is 10.9. The SMILES string of the molecule is COCc1ccccc1C(=O)CC(C)C(=O)OC. The van der Waals surface area contributed by atoms with Crippen LogP contribution in [0.2, 0.25) is 0 Å². The first-order chi connectivity index (χ1) is 8.60. The number of hydrogen-bond acceptors (Lipinski definition) is 4. The molecule has 1 atom stereocenters. The lowest BCUT2D eigenvalue weighted by Gasteiger charge is -2.11. The number of carbonyl (C=O) groups excluding carboxylic acids is 2. The van der Waals surface area contributed by atoms with Gasteiger partial charge >= 0.3 is 5.97 Å². The van der Waals surface area contributed by atoms with Gasteiger partial charge in [-0.05, 0) is 5.56 Å². The maximum atomic E-state index is 12.1. The van der Waals surface area contributed by atoms with Gasteiger partial charge in [0.25, 0.3) is 0 Å². The molecule has 1 aromatic carbocycles. The van der Waals surface area contributed by atoms with Gasteiger partial charge in [0, 0.05) is 19.1 Å². The number of ketones is 1. The Kier molecular flexibility index (Phi) is 5.52. The van der Waals surface area contributed by atoms with E-state index in [2.05, 4.69) is 4.74 Å². The minimum Gasteiger partial charge on any atom is -0.469 e. The van der Waals surface area contributed by atoms with Crippen molar-refractivity contribution < 1.29 is 19.1 Å². The van der Waals surface area contributed by atoms with E-state index in [1.54, 1.807) is 26.2 Å². The summed E-state index contributed by atoms with van der Waals surface area (Å²) in [6, 6.07) is 7.25. The summed E-state index contributed by atoms with van der Waals surface area (Å²) in [6.07, 6.45) is 0.146. The molecular weight excluding hydrogens is 232 g/mol. The Balaban J connectivity index is 2.81. The summed E-state index contributed by atoms with van der Waals surface area (Å²) in [7, 11) is 2.90. The van der Waals surface area contributed by atoms with Gasteiger partial charge in [-0.25, -0.2) is 0 Å². The molecule has 0 fully saturated rings. The van der Waals surface area contributed by atoms with Crippen LogP contribution in [0.15, 0.2) is 24.3 Å². The van der Waals surface area contributed by atoms with E-state index in [0.717, 1.165) is 5.56 Å². The van der Waals surface area contributed by atoms with Crippen LogP contribution in [0.4, 0.5) is 0 Å². The first kappa shape index (κ1) is 14.4. The molecule has 0 N–H and O–H groups in total. The van der Waals surface area contributed by atoms with Crippen molar-refractivity contribution in [3.63, 3.8) is 0 Å².